The molecule has 0 aliphatic carbocycles. The molecule has 1 aliphatic rings. The summed E-state index contributed by atoms with van der Waals surface area (Å²) in [5.74, 6) is -0.785. The molecule has 0 bridgehead atoms. The van der Waals surface area contributed by atoms with E-state index in [-0.39, 0.29) is 29.3 Å². The van der Waals surface area contributed by atoms with E-state index in [2.05, 4.69) is 9.88 Å². The number of aromatic nitrogens is 1. The highest BCUT2D eigenvalue weighted by molar-refractivity contribution is 5.97. The normalized spacial score (nSPS) is 15.6. The summed E-state index contributed by atoms with van der Waals surface area (Å²) < 4.78 is 13.3. The fraction of sp³-hybridized carbons (Fsp3) is 0.333. The highest BCUT2D eigenvalue weighted by atomic mass is 35.5. The second-order valence-electron chi connectivity index (χ2n) is 5.32. The van der Waals surface area contributed by atoms with Crippen LogP contribution in [0.4, 0.5) is 4.39 Å². The molecular formula is C15H17ClFN3O2. The average molecular weight is 326 g/mol. The zero-order valence-electron chi connectivity index (χ0n) is 12.1. The third-order valence-electron chi connectivity index (χ3n) is 3.86. The number of pyridine rings is 1. The second kappa shape index (κ2) is 6.46. The molecule has 1 fully saturated rings. The van der Waals surface area contributed by atoms with Crippen LogP contribution < -0.4 is 5.43 Å². The molecule has 0 saturated carbocycles. The Balaban J connectivity index is 0.00000176. The predicted octanol–water partition coefficient (Wildman–Crippen LogP) is 1.48. The first-order chi connectivity index (χ1) is 10.1. The molecule has 7 heteroatoms. The van der Waals surface area contributed by atoms with E-state index in [4.69, 9.17) is 0 Å². The van der Waals surface area contributed by atoms with E-state index in [0.29, 0.717) is 18.6 Å². The molecule has 1 aromatic carbocycles. The van der Waals surface area contributed by atoms with Crippen molar-refractivity contribution in [2.75, 3.05) is 33.2 Å². The number of hydrogen-bond donors (Lipinski definition) is 1. The third-order valence-corrected chi connectivity index (χ3v) is 3.86. The number of benzene rings is 1. The molecule has 1 N–H and O–H groups in total. The molecule has 1 aromatic heterocycles. The molecule has 1 aliphatic heterocycles. The zero-order chi connectivity index (χ0) is 15.0. The number of hydrogen-bond acceptors (Lipinski definition) is 3. The van der Waals surface area contributed by atoms with Gasteiger partial charge in [-0.15, -0.1) is 12.4 Å². The van der Waals surface area contributed by atoms with Gasteiger partial charge in [0.05, 0.1) is 0 Å². The van der Waals surface area contributed by atoms with Gasteiger partial charge in [-0.25, -0.2) is 4.39 Å². The van der Waals surface area contributed by atoms with E-state index in [0.717, 1.165) is 19.2 Å². The van der Waals surface area contributed by atoms with Gasteiger partial charge in [0.15, 0.2) is 0 Å². The first kappa shape index (κ1) is 16.5. The van der Waals surface area contributed by atoms with Crippen molar-refractivity contribution in [3.8, 4) is 0 Å². The first-order valence-electron chi connectivity index (χ1n) is 6.85. The number of amides is 1. The number of nitrogens with zero attached hydrogens (tertiary/aromatic N) is 2. The number of H-pyrrole nitrogens is 1. The van der Waals surface area contributed by atoms with Gasteiger partial charge in [-0.2, -0.15) is 0 Å². The number of carbonyl (C=O) groups is 1. The molecule has 5 nitrogen and oxygen atoms in total. The third kappa shape index (κ3) is 2.98. The van der Waals surface area contributed by atoms with Crippen LogP contribution in [-0.2, 0) is 0 Å². The van der Waals surface area contributed by atoms with Crippen molar-refractivity contribution in [2.24, 2.45) is 0 Å². The van der Waals surface area contributed by atoms with Crippen LogP contribution in [0.25, 0.3) is 10.9 Å². The minimum Gasteiger partial charge on any atom is -0.360 e. The number of fused-ring (bicyclic) bond motifs is 1. The summed E-state index contributed by atoms with van der Waals surface area (Å²) in [4.78, 5) is 31.5. The van der Waals surface area contributed by atoms with Crippen molar-refractivity contribution in [3.63, 3.8) is 0 Å². The maximum Gasteiger partial charge on any atom is 0.259 e. The number of rotatable bonds is 1. The smallest absolute Gasteiger partial charge is 0.259 e. The summed E-state index contributed by atoms with van der Waals surface area (Å²) >= 11 is 0. The largest absolute Gasteiger partial charge is 0.360 e. The van der Waals surface area contributed by atoms with Gasteiger partial charge in [-0.05, 0) is 25.2 Å². The Morgan fingerprint density at radius 3 is 2.59 bits per heavy atom. The van der Waals surface area contributed by atoms with Gasteiger partial charge in [0.25, 0.3) is 5.91 Å². The number of carbonyl (C=O) groups excluding carboxylic acids is 1. The van der Waals surface area contributed by atoms with Crippen LogP contribution in [0.3, 0.4) is 0 Å². The molecule has 3 rings (SSSR count). The van der Waals surface area contributed by atoms with Crippen molar-refractivity contribution >= 4 is 29.2 Å². The second-order valence-corrected chi connectivity index (χ2v) is 5.32. The summed E-state index contributed by atoms with van der Waals surface area (Å²) in [6.45, 7) is 2.75. The van der Waals surface area contributed by atoms with E-state index in [1.54, 1.807) is 4.90 Å². The van der Waals surface area contributed by atoms with Crippen LogP contribution >= 0.6 is 12.4 Å². The SMILES string of the molecule is CN1CCN(C(=O)c2c[nH]c3ccc(F)cc3c2=O)CC1.Cl. The quantitative estimate of drug-likeness (QED) is 0.864. The van der Waals surface area contributed by atoms with Gasteiger partial charge in [0.1, 0.15) is 11.4 Å². The highest BCUT2D eigenvalue weighted by Gasteiger charge is 2.23. The van der Waals surface area contributed by atoms with Gasteiger partial charge >= 0.3 is 0 Å². The fourth-order valence-corrected chi connectivity index (χ4v) is 2.53. The van der Waals surface area contributed by atoms with Crippen LogP contribution in [0.2, 0.25) is 0 Å². The summed E-state index contributed by atoms with van der Waals surface area (Å²) in [7, 11) is 1.99. The Morgan fingerprint density at radius 1 is 1.23 bits per heavy atom. The lowest BCUT2D eigenvalue weighted by Crippen LogP contribution is -2.48. The molecule has 0 unspecified atom stereocenters. The molecule has 2 heterocycles. The molecule has 118 valence electrons. The van der Waals surface area contributed by atoms with Crippen LogP contribution in [0, 0.1) is 5.82 Å². The Bertz CT molecular complexity index is 754. The molecule has 1 saturated heterocycles. The van der Waals surface area contributed by atoms with Crippen molar-refractivity contribution in [3.05, 3.63) is 46.0 Å². The molecule has 1 amide bonds. The Morgan fingerprint density at radius 2 is 1.91 bits per heavy atom. The Labute approximate surface area is 133 Å². The molecule has 0 radical (unpaired) electrons. The van der Waals surface area contributed by atoms with Crippen LogP contribution in [-0.4, -0.2) is 53.9 Å². The van der Waals surface area contributed by atoms with Crippen LogP contribution in [0.15, 0.2) is 29.2 Å². The lowest BCUT2D eigenvalue weighted by molar-refractivity contribution is 0.0662. The topological polar surface area (TPSA) is 56.4 Å². The maximum absolute atomic E-state index is 13.3. The van der Waals surface area contributed by atoms with Gasteiger partial charge in [-0.3, -0.25) is 9.59 Å². The minimum atomic E-state index is -0.489. The monoisotopic (exact) mass is 325 g/mol. The minimum absolute atomic E-state index is 0. The maximum atomic E-state index is 13.3. The number of likely N-dealkylation sites (N-methyl/N-ethyl adjacent to an activating group) is 1. The van der Waals surface area contributed by atoms with Crippen molar-refractivity contribution in [2.45, 2.75) is 0 Å². The standard InChI is InChI=1S/C15H16FN3O2.ClH/c1-18-4-6-19(7-5-18)15(21)12-9-17-13-3-2-10(16)8-11(13)14(12)20;/h2-3,8-9H,4-7H2,1H3,(H,17,20);1H. The predicted molar refractivity (Wildman–Crippen MR) is 85.2 cm³/mol. The summed E-state index contributed by atoms with van der Waals surface area (Å²) in [6.07, 6.45) is 1.42. The van der Waals surface area contributed by atoms with E-state index in [1.807, 2.05) is 7.05 Å². The molecule has 0 atom stereocenters. The average Bonchev–Trinajstić information content (AvgIpc) is 2.48. The number of nitrogens with one attached hydrogen (secondary N) is 1. The number of aromatic amines is 1. The molecule has 0 spiro atoms. The number of piperazine rings is 1. The fourth-order valence-electron chi connectivity index (χ4n) is 2.53. The Kier molecular flexibility index (Phi) is 4.83. The van der Waals surface area contributed by atoms with E-state index >= 15 is 0 Å². The van der Waals surface area contributed by atoms with Crippen LogP contribution in [0.5, 0.6) is 0 Å². The lowest BCUT2D eigenvalue weighted by atomic mass is 10.1. The van der Waals surface area contributed by atoms with Gasteiger partial charge < -0.3 is 14.8 Å². The van der Waals surface area contributed by atoms with Gasteiger partial charge in [0, 0.05) is 43.3 Å². The van der Waals surface area contributed by atoms with Gasteiger partial charge in [-0.1, -0.05) is 0 Å². The van der Waals surface area contributed by atoms with Crippen molar-refractivity contribution in [1.29, 1.82) is 0 Å². The molecular weight excluding hydrogens is 309 g/mol. The summed E-state index contributed by atoms with van der Waals surface area (Å²) in [6, 6.07) is 3.94. The zero-order valence-corrected chi connectivity index (χ0v) is 13.0. The lowest BCUT2D eigenvalue weighted by Gasteiger charge is -2.32. The van der Waals surface area contributed by atoms with Crippen molar-refractivity contribution in [1.82, 2.24) is 14.8 Å². The van der Waals surface area contributed by atoms with E-state index in [9.17, 15) is 14.0 Å². The first-order valence-corrected chi connectivity index (χ1v) is 6.85. The number of halogens is 2. The van der Waals surface area contributed by atoms with Crippen molar-refractivity contribution < 1.29 is 9.18 Å². The van der Waals surface area contributed by atoms with E-state index < -0.39 is 11.2 Å². The van der Waals surface area contributed by atoms with Crippen LogP contribution in [0.1, 0.15) is 10.4 Å². The van der Waals surface area contributed by atoms with Gasteiger partial charge in [0.2, 0.25) is 5.43 Å². The summed E-state index contributed by atoms with van der Waals surface area (Å²) in [5, 5.41) is 0.204. The molecule has 2 aromatic rings. The highest BCUT2D eigenvalue weighted by Crippen LogP contribution is 2.12. The summed E-state index contributed by atoms with van der Waals surface area (Å²) in [5.41, 5.74) is 0.168. The Hall–Kier alpha value is -1.92. The van der Waals surface area contributed by atoms with E-state index in [1.165, 1.54) is 18.3 Å². The molecule has 22 heavy (non-hydrogen) atoms.